The van der Waals surface area contributed by atoms with Crippen molar-refractivity contribution < 1.29 is 0 Å². The van der Waals surface area contributed by atoms with Crippen molar-refractivity contribution in [3.8, 4) is 17.2 Å². The minimum atomic E-state index is 0.548. The van der Waals surface area contributed by atoms with Crippen molar-refractivity contribution >= 4 is 11.8 Å². The van der Waals surface area contributed by atoms with Crippen LogP contribution in [0.5, 0.6) is 0 Å². The zero-order chi connectivity index (χ0) is 14.1. The average molecular weight is 296 g/mol. The normalized spacial score (nSPS) is 18.2. The van der Waals surface area contributed by atoms with Crippen LogP contribution in [-0.4, -0.2) is 30.8 Å². The van der Waals surface area contributed by atoms with Gasteiger partial charge in [0, 0.05) is 24.2 Å². The molecule has 0 unspecified atom stereocenters. The predicted molar refractivity (Wildman–Crippen MR) is 85.8 cm³/mol. The number of hydrogen-bond donors (Lipinski definition) is 0. The molecule has 0 bridgehead atoms. The molecule has 0 radical (unpaired) electrons. The van der Waals surface area contributed by atoms with Gasteiger partial charge in [0.1, 0.15) is 5.69 Å². The van der Waals surface area contributed by atoms with Crippen molar-refractivity contribution in [3.63, 3.8) is 0 Å². The first-order valence-electron chi connectivity index (χ1n) is 7.14. The van der Waals surface area contributed by atoms with Gasteiger partial charge in [-0.3, -0.25) is 0 Å². The summed E-state index contributed by atoms with van der Waals surface area (Å²) in [6.45, 7) is 0. The van der Waals surface area contributed by atoms with E-state index in [1.165, 1.54) is 17.9 Å². The molecule has 1 aromatic carbocycles. The Hall–Kier alpha value is -2.01. The summed E-state index contributed by atoms with van der Waals surface area (Å²) >= 11 is 2.02. The third-order valence-electron chi connectivity index (χ3n) is 3.84. The number of hydrogen-bond acceptors (Lipinski definition) is 3. The SMILES string of the molecule is c1ccc(-n2nccc2-c2nccn2[C@@H]2CCSC2)cc1. The fourth-order valence-electron chi connectivity index (χ4n) is 2.80. The first-order valence-corrected chi connectivity index (χ1v) is 8.29. The van der Waals surface area contributed by atoms with E-state index >= 15 is 0 Å². The molecule has 1 aliphatic heterocycles. The van der Waals surface area contributed by atoms with E-state index in [1.807, 2.05) is 53.1 Å². The summed E-state index contributed by atoms with van der Waals surface area (Å²) in [5.41, 5.74) is 2.11. The maximum absolute atomic E-state index is 4.58. The molecule has 2 aromatic heterocycles. The number of nitrogens with zero attached hydrogens (tertiary/aromatic N) is 4. The molecule has 0 saturated carbocycles. The molecule has 0 aliphatic carbocycles. The van der Waals surface area contributed by atoms with E-state index in [1.54, 1.807) is 0 Å². The van der Waals surface area contributed by atoms with Gasteiger partial charge in [-0.05, 0) is 30.4 Å². The van der Waals surface area contributed by atoms with Crippen molar-refractivity contribution in [1.29, 1.82) is 0 Å². The number of thioether (sulfide) groups is 1. The summed E-state index contributed by atoms with van der Waals surface area (Å²) in [4.78, 5) is 4.58. The van der Waals surface area contributed by atoms with Crippen molar-refractivity contribution in [2.45, 2.75) is 12.5 Å². The molecule has 4 rings (SSSR count). The zero-order valence-electron chi connectivity index (χ0n) is 11.6. The van der Waals surface area contributed by atoms with E-state index in [2.05, 4.69) is 33.0 Å². The van der Waals surface area contributed by atoms with Crippen molar-refractivity contribution in [2.24, 2.45) is 0 Å². The molecule has 1 fully saturated rings. The van der Waals surface area contributed by atoms with E-state index in [9.17, 15) is 0 Å². The van der Waals surface area contributed by atoms with Gasteiger partial charge in [-0.25, -0.2) is 9.67 Å². The fourth-order valence-corrected chi connectivity index (χ4v) is 4.00. The second-order valence-electron chi connectivity index (χ2n) is 5.14. The monoisotopic (exact) mass is 296 g/mol. The lowest BCUT2D eigenvalue weighted by Crippen LogP contribution is -2.10. The van der Waals surface area contributed by atoms with Gasteiger partial charge in [-0.1, -0.05) is 18.2 Å². The molecule has 1 saturated heterocycles. The molecule has 21 heavy (non-hydrogen) atoms. The maximum Gasteiger partial charge on any atom is 0.159 e. The lowest BCUT2D eigenvalue weighted by atomic mass is 10.2. The summed E-state index contributed by atoms with van der Waals surface area (Å²) < 4.78 is 4.26. The minimum absolute atomic E-state index is 0.548. The Bertz CT molecular complexity index is 726. The summed E-state index contributed by atoms with van der Waals surface area (Å²) in [7, 11) is 0. The number of para-hydroxylation sites is 1. The molecule has 1 aliphatic rings. The Morgan fingerprint density at radius 2 is 2.00 bits per heavy atom. The third-order valence-corrected chi connectivity index (χ3v) is 4.99. The Balaban J connectivity index is 1.79. The van der Waals surface area contributed by atoms with Gasteiger partial charge in [0.25, 0.3) is 0 Å². The van der Waals surface area contributed by atoms with Gasteiger partial charge in [0.15, 0.2) is 5.82 Å². The Morgan fingerprint density at radius 1 is 1.10 bits per heavy atom. The lowest BCUT2D eigenvalue weighted by Gasteiger charge is -2.15. The van der Waals surface area contributed by atoms with Crippen molar-refractivity contribution in [2.75, 3.05) is 11.5 Å². The lowest BCUT2D eigenvalue weighted by molar-refractivity contribution is 0.563. The predicted octanol–water partition coefficient (Wildman–Crippen LogP) is 3.41. The summed E-state index contributed by atoms with van der Waals surface area (Å²) in [6, 6.07) is 12.8. The summed E-state index contributed by atoms with van der Waals surface area (Å²) in [6.07, 6.45) is 7.03. The standard InChI is InChI=1S/C16H16N4S/c1-2-4-13(5-3-1)20-15(6-8-18-20)16-17-9-10-19(16)14-7-11-21-12-14/h1-6,8-10,14H,7,11-12H2/t14-/m1/s1. The molecule has 4 nitrogen and oxygen atoms in total. The highest BCUT2D eigenvalue weighted by Crippen LogP contribution is 2.32. The van der Waals surface area contributed by atoms with E-state index in [0.717, 1.165) is 17.2 Å². The number of rotatable bonds is 3. The molecule has 0 spiro atoms. The Labute approximate surface area is 127 Å². The molecule has 106 valence electrons. The van der Waals surface area contributed by atoms with Crippen LogP contribution >= 0.6 is 11.8 Å². The molecule has 3 heterocycles. The first kappa shape index (κ1) is 12.7. The zero-order valence-corrected chi connectivity index (χ0v) is 12.4. The van der Waals surface area contributed by atoms with Crippen LogP contribution in [0, 0.1) is 0 Å². The van der Waals surface area contributed by atoms with E-state index in [0.29, 0.717) is 6.04 Å². The smallest absolute Gasteiger partial charge is 0.159 e. The second kappa shape index (κ2) is 5.41. The van der Waals surface area contributed by atoms with Crippen LogP contribution in [0.2, 0.25) is 0 Å². The molecule has 0 amide bonds. The third kappa shape index (κ3) is 2.27. The number of aromatic nitrogens is 4. The largest absolute Gasteiger partial charge is 0.326 e. The van der Waals surface area contributed by atoms with Crippen LogP contribution in [0.15, 0.2) is 55.0 Å². The van der Waals surface area contributed by atoms with Gasteiger partial charge in [-0.2, -0.15) is 16.9 Å². The molecule has 5 heteroatoms. The first-order chi connectivity index (χ1) is 10.4. The average Bonchev–Trinajstić information content (AvgIpc) is 3.27. The van der Waals surface area contributed by atoms with E-state index in [4.69, 9.17) is 0 Å². The van der Waals surface area contributed by atoms with Crippen molar-refractivity contribution in [1.82, 2.24) is 19.3 Å². The van der Waals surface area contributed by atoms with Gasteiger partial charge >= 0.3 is 0 Å². The van der Waals surface area contributed by atoms with Crippen LogP contribution in [0.4, 0.5) is 0 Å². The quantitative estimate of drug-likeness (QED) is 0.743. The van der Waals surface area contributed by atoms with E-state index < -0.39 is 0 Å². The summed E-state index contributed by atoms with van der Waals surface area (Å²) in [5.74, 6) is 3.41. The van der Waals surface area contributed by atoms with Crippen LogP contribution < -0.4 is 0 Å². The molecule has 0 N–H and O–H groups in total. The molecular weight excluding hydrogens is 280 g/mol. The van der Waals surface area contributed by atoms with Gasteiger partial charge in [0.2, 0.25) is 0 Å². The van der Waals surface area contributed by atoms with Crippen LogP contribution in [0.1, 0.15) is 12.5 Å². The highest BCUT2D eigenvalue weighted by atomic mass is 32.2. The fraction of sp³-hybridized carbons (Fsp3) is 0.250. The minimum Gasteiger partial charge on any atom is -0.326 e. The van der Waals surface area contributed by atoms with Gasteiger partial charge < -0.3 is 4.57 Å². The molecule has 3 aromatic rings. The Kier molecular flexibility index (Phi) is 3.27. The van der Waals surface area contributed by atoms with Crippen LogP contribution in [-0.2, 0) is 0 Å². The second-order valence-corrected chi connectivity index (χ2v) is 6.29. The topological polar surface area (TPSA) is 35.6 Å². The van der Waals surface area contributed by atoms with Gasteiger partial charge in [0.05, 0.1) is 11.9 Å². The molecule has 1 atom stereocenters. The summed E-state index contributed by atoms with van der Waals surface area (Å²) in [5, 5.41) is 4.47. The Morgan fingerprint density at radius 3 is 2.81 bits per heavy atom. The van der Waals surface area contributed by atoms with Crippen LogP contribution in [0.25, 0.3) is 17.2 Å². The van der Waals surface area contributed by atoms with Crippen LogP contribution in [0.3, 0.4) is 0 Å². The van der Waals surface area contributed by atoms with Crippen molar-refractivity contribution in [3.05, 3.63) is 55.0 Å². The number of imidazole rings is 1. The molecular formula is C16H16N4S. The highest BCUT2D eigenvalue weighted by Gasteiger charge is 2.22. The highest BCUT2D eigenvalue weighted by molar-refractivity contribution is 7.99. The maximum atomic E-state index is 4.58. The number of benzene rings is 1. The van der Waals surface area contributed by atoms with Gasteiger partial charge in [-0.15, -0.1) is 0 Å². The van der Waals surface area contributed by atoms with E-state index in [-0.39, 0.29) is 0 Å².